The average Bonchev–Trinajstić information content (AvgIpc) is 2.28. The first-order chi connectivity index (χ1) is 6.68. The minimum absolute atomic E-state index is 0.201. The predicted molar refractivity (Wildman–Crippen MR) is 58.3 cm³/mol. The molecule has 0 N–H and O–H groups in total. The van der Waals surface area contributed by atoms with Crippen molar-refractivity contribution < 1.29 is 4.79 Å². The average molecular weight is 210 g/mol. The molecule has 74 valence electrons. The highest BCUT2D eigenvalue weighted by molar-refractivity contribution is 6.31. The molecule has 1 aliphatic heterocycles. The fourth-order valence-corrected chi connectivity index (χ4v) is 1.97. The minimum Gasteiger partial charge on any atom is -0.374 e. The van der Waals surface area contributed by atoms with Crippen molar-refractivity contribution in [2.45, 2.75) is 12.8 Å². The second-order valence-corrected chi connectivity index (χ2v) is 4.05. The molecule has 0 amide bonds. The summed E-state index contributed by atoms with van der Waals surface area (Å²) in [7, 11) is 2.01. The molecule has 0 radical (unpaired) electrons. The van der Waals surface area contributed by atoms with Gasteiger partial charge in [0.25, 0.3) is 0 Å². The van der Waals surface area contributed by atoms with Crippen molar-refractivity contribution in [3.8, 4) is 0 Å². The zero-order valence-corrected chi connectivity index (χ0v) is 8.84. The van der Waals surface area contributed by atoms with Gasteiger partial charge in [-0.2, -0.15) is 0 Å². The van der Waals surface area contributed by atoms with Gasteiger partial charge in [-0.05, 0) is 24.6 Å². The molecule has 0 aliphatic carbocycles. The Kier molecular flexibility index (Phi) is 2.46. The van der Waals surface area contributed by atoms with E-state index in [0.29, 0.717) is 11.4 Å². The van der Waals surface area contributed by atoms with Crippen LogP contribution in [-0.2, 0) is 0 Å². The van der Waals surface area contributed by atoms with Gasteiger partial charge in [-0.1, -0.05) is 11.6 Å². The fourth-order valence-electron chi connectivity index (χ4n) is 1.80. The van der Waals surface area contributed by atoms with E-state index in [9.17, 15) is 4.79 Å². The van der Waals surface area contributed by atoms with Gasteiger partial charge in [0, 0.05) is 36.3 Å². The van der Waals surface area contributed by atoms with Gasteiger partial charge in [-0.15, -0.1) is 0 Å². The van der Waals surface area contributed by atoms with Crippen molar-refractivity contribution in [2.24, 2.45) is 0 Å². The van der Waals surface area contributed by atoms with Crippen LogP contribution in [0.25, 0.3) is 0 Å². The number of anilines is 1. The third-order valence-electron chi connectivity index (χ3n) is 2.57. The number of carbonyl (C=O) groups is 1. The topological polar surface area (TPSA) is 20.3 Å². The van der Waals surface area contributed by atoms with Gasteiger partial charge in [-0.3, -0.25) is 4.79 Å². The maximum absolute atomic E-state index is 11.7. The number of fused-ring (bicyclic) bond motifs is 1. The van der Waals surface area contributed by atoms with Gasteiger partial charge < -0.3 is 4.90 Å². The third kappa shape index (κ3) is 1.62. The van der Waals surface area contributed by atoms with E-state index in [1.807, 2.05) is 19.2 Å². The summed E-state index contributed by atoms with van der Waals surface area (Å²) in [5, 5.41) is 0.632. The van der Waals surface area contributed by atoms with Crippen LogP contribution in [-0.4, -0.2) is 19.4 Å². The van der Waals surface area contributed by atoms with E-state index in [0.717, 1.165) is 24.2 Å². The summed E-state index contributed by atoms with van der Waals surface area (Å²) in [4.78, 5) is 13.8. The molecule has 1 heterocycles. The summed E-state index contributed by atoms with van der Waals surface area (Å²) in [6, 6.07) is 5.51. The summed E-state index contributed by atoms with van der Waals surface area (Å²) in [5.74, 6) is 0.201. The van der Waals surface area contributed by atoms with Crippen LogP contribution in [0.3, 0.4) is 0 Å². The summed E-state index contributed by atoms with van der Waals surface area (Å²) in [5.41, 5.74) is 1.76. The molecule has 0 spiro atoms. The summed E-state index contributed by atoms with van der Waals surface area (Å²) >= 11 is 5.87. The molecule has 1 aromatic carbocycles. The molecule has 1 aliphatic rings. The highest BCUT2D eigenvalue weighted by Gasteiger charge is 2.18. The van der Waals surface area contributed by atoms with Crippen LogP contribution in [0, 0.1) is 0 Å². The fraction of sp³-hybridized carbons (Fsp3) is 0.364. The molecule has 2 rings (SSSR count). The van der Waals surface area contributed by atoms with Crippen LogP contribution in [0.15, 0.2) is 18.2 Å². The van der Waals surface area contributed by atoms with Crippen LogP contribution in [0.4, 0.5) is 5.69 Å². The Balaban J connectivity index is 2.54. The van der Waals surface area contributed by atoms with Gasteiger partial charge >= 0.3 is 0 Å². The maximum atomic E-state index is 11.7. The number of rotatable bonds is 0. The number of hydrogen-bond acceptors (Lipinski definition) is 2. The van der Waals surface area contributed by atoms with Crippen molar-refractivity contribution in [1.82, 2.24) is 0 Å². The number of benzene rings is 1. The molecule has 0 aromatic heterocycles. The first-order valence-corrected chi connectivity index (χ1v) is 5.10. The van der Waals surface area contributed by atoms with E-state index in [4.69, 9.17) is 11.6 Å². The Morgan fingerprint density at radius 3 is 3.00 bits per heavy atom. The molecule has 0 fully saturated rings. The van der Waals surface area contributed by atoms with E-state index in [1.165, 1.54) is 0 Å². The normalized spacial score (nSPS) is 16.4. The molecular formula is C11H12ClNO. The van der Waals surface area contributed by atoms with Crippen LogP contribution in [0.5, 0.6) is 0 Å². The molecule has 14 heavy (non-hydrogen) atoms. The smallest absolute Gasteiger partial charge is 0.165 e. The second kappa shape index (κ2) is 3.62. The van der Waals surface area contributed by atoms with Crippen LogP contribution < -0.4 is 4.90 Å². The minimum atomic E-state index is 0.201. The summed E-state index contributed by atoms with van der Waals surface area (Å²) in [6.45, 7) is 0.931. The van der Waals surface area contributed by atoms with Gasteiger partial charge in [0.15, 0.2) is 5.78 Å². The van der Waals surface area contributed by atoms with E-state index in [-0.39, 0.29) is 5.78 Å². The Morgan fingerprint density at radius 1 is 1.43 bits per heavy atom. The molecule has 0 unspecified atom stereocenters. The largest absolute Gasteiger partial charge is 0.374 e. The number of nitrogens with zero attached hydrogens (tertiary/aromatic N) is 1. The van der Waals surface area contributed by atoms with Crippen LogP contribution >= 0.6 is 11.6 Å². The van der Waals surface area contributed by atoms with Crippen molar-refractivity contribution >= 4 is 23.1 Å². The molecule has 0 atom stereocenters. The molecule has 0 saturated carbocycles. The maximum Gasteiger partial charge on any atom is 0.165 e. The highest BCUT2D eigenvalue weighted by Crippen LogP contribution is 2.27. The van der Waals surface area contributed by atoms with Crippen LogP contribution in [0.1, 0.15) is 23.2 Å². The molecule has 0 saturated heterocycles. The first-order valence-electron chi connectivity index (χ1n) is 4.72. The second-order valence-electron chi connectivity index (χ2n) is 3.61. The molecule has 0 bridgehead atoms. The molecule has 2 nitrogen and oxygen atoms in total. The predicted octanol–water partition coefficient (Wildman–Crippen LogP) is 2.75. The summed E-state index contributed by atoms with van der Waals surface area (Å²) in [6.07, 6.45) is 1.54. The summed E-state index contributed by atoms with van der Waals surface area (Å²) < 4.78 is 0. The van der Waals surface area contributed by atoms with Crippen molar-refractivity contribution in [3.05, 3.63) is 28.8 Å². The van der Waals surface area contributed by atoms with Crippen molar-refractivity contribution in [2.75, 3.05) is 18.5 Å². The van der Waals surface area contributed by atoms with Crippen LogP contribution in [0.2, 0.25) is 5.02 Å². The first kappa shape index (κ1) is 9.53. The number of halogens is 1. The highest BCUT2D eigenvalue weighted by atomic mass is 35.5. The molecular weight excluding hydrogens is 198 g/mol. The number of carbonyl (C=O) groups excluding carboxylic acids is 1. The Morgan fingerprint density at radius 2 is 2.21 bits per heavy atom. The Bertz CT molecular complexity index is 376. The Labute approximate surface area is 88.5 Å². The van der Waals surface area contributed by atoms with Gasteiger partial charge in [0.05, 0.1) is 0 Å². The zero-order chi connectivity index (χ0) is 10.1. The lowest BCUT2D eigenvalue weighted by atomic mass is 10.1. The van der Waals surface area contributed by atoms with Gasteiger partial charge in [0.1, 0.15) is 0 Å². The quantitative estimate of drug-likeness (QED) is 0.655. The number of Topliss-reactive ketones (excluding diaryl/α,β-unsaturated/α-hetero) is 1. The van der Waals surface area contributed by atoms with Gasteiger partial charge in [-0.25, -0.2) is 0 Å². The lowest BCUT2D eigenvalue weighted by Crippen LogP contribution is -2.17. The molecule has 1 aromatic rings. The lowest BCUT2D eigenvalue weighted by molar-refractivity contribution is 0.0984. The van der Waals surface area contributed by atoms with E-state index in [2.05, 4.69) is 4.90 Å². The van der Waals surface area contributed by atoms with E-state index in [1.54, 1.807) is 6.07 Å². The monoisotopic (exact) mass is 209 g/mol. The lowest BCUT2D eigenvalue weighted by Gasteiger charge is -2.18. The van der Waals surface area contributed by atoms with E-state index >= 15 is 0 Å². The van der Waals surface area contributed by atoms with Gasteiger partial charge in [0.2, 0.25) is 0 Å². The van der Waals surface area contributed by atoms with Crippen molar-refractivity contribution in [1.29, 1.82) is 0 Å². The molecule has 3 heteroatoms. The standard InChI is InChI=1S/C11H12ClNO/c1-13-6-2-3-11(14)9-7-8(12)4-5-10(9)13/h4-5,7H,2-3,6H2,1H3. The zero-order valence-electron chi connectivity index (χ0n) is 8.09. The van der Waals surface area contributed by atoms with Crippen molar-refractivity contribution in [3.63, 3.8) is 0 Å². The van der Waals surface area contributed by atoms with E-state index < -0.39 is 0 Å². The SMILES string of the molecule is CN1CCCC(=O)c2cc(Cl)ccc21. The number of ketones is 1. The Hall–Kier alpha value is -1.02. The number of hydrogen-bond donors (Lipinski definition) is 0. The third-order valence-corrected chi connectivity index (χ3v) is 2.80.